The molecule has 1 atom stereocenters. The van der Waals surface area contributed by atoms with E-state index in [-0.39, 0.29) is 6.04 Å². The van der Waals surface area contributed by atoms with Gasteiger partial charge in [0.25, 0.3) is 0 Å². The van der Waals surface area contributed by atoms with Crippen LogP contribution >= 0.6 is 0 Å². The number of rotatable bonds is 9. The summed E-state index contributed by atoms with van der Waals surface area (Å²) < 4.78 is 0. The number of allylic oxidation sites excluding steroid dienone is 4. The van der Waals surface area contributed by atoms with Crippen LogP contribution in [-0.2, 0) is 0 Å². The molecule has 0 saturated heterocycles. The highest BCUT2D eigenvalue weighted by atomic mass is 15.1. The second-order valence-electron chi connectivity index (χ2n) is 5.15. The van der Waals surface area contributed by atoms with Crippen LogP contribution in [0.4, 0.5) is 0 Å². The number of hydrogen-bond donors (Lipinski definition) is 0. The van der Waals surface area contributed by atoms with Gasteiger partial charge in [0.1, 0.15) is 0 Å². The lowest BCUT2D eigenvalue weighted by molar-refractivity contribution is 0.680. The van der Waals surface area contributed by atoms with Crippen molar-refractivity contribution in [3.63, 3.8) is 0 Å². The van der Waals surface area contributed by atoms with Crippen LogP contribution < -0.4 is 0 Å². The van der Waals surface area contributed by atoms with Crippen LogP contribution in [0, 0.1) is 0 Å². The summed E-state index contributed by atoms with van der Waals surface area (Å²) in [5.74, 6) is 0. The third-order valence-corrected chi connectivity index (χ3v) is 3.16. The van der Waals surface area contributed by atoms with E-state index >= 15 is 0 Å². The highest BCUT2D eigenvalue weighted by molar-refractivity contribution is 5.07. The Balaban J connectivity index is 4.15. The van der Waals surface area contributed by atoms with E-state index in [1.54, 1.807) is 0 Å². The minimum absolute atomic E-state index is 0.0740. The van der Waals surface area contributed by atoms with Crippen molar-refractivity contribution in [3.05, 3.63) is 45.9 Å². The van der Waals surface area contributed by atoms with Gasteiger partial charge in [-0.1, -0.05) is 47.5 Å². The van der Waals surface area contributed by atoms with Gasteiger partial charge in [0.2, 0.25) is 0 Å². The highest BCUT2D eigenvalue weighted by Gasteiger charge is 2.06. The van der Waals surface area contributed by atoms with E-state index in [0.717, 1.165) is 37.7 Å². The second kappa shape index (κ2) is 10.5. The molecule has 0 aromatic rings. The standard InChI is InChI=1S/C16H27N3/c1-6-8-14(4)9-7-10-15(5)11-12-16(13(2)3)18-19-17/h8,10,16H,2,6-7,9,11-12H2,1,3-5H3/b14-8+,15-10+. The van der Waals surface area contributed by atoms with Crippen LogP contribution in [0.15, 0.2) is 40.6 Å². The molecular weight excluding hydrogens is 234 g/mol. The van der Waals surface area contributed by atoms with E-state index in [2.05, 4.69) is 49.5 Å². The van der Waals surface area contributed by atoms with E-state index < -0.39 is 0 Å². The minimum Gasteiger partial charge on any atom is -0.0997 e. The van der Waals surface area contributed by atoms with Crippen molar-refractivity contribution in [2.24, 2.45) is 5.11 Å². The smallest absolute Gasteiger partial charge is 0.0582 e. The van der Waals surface area contributed by atoms with Crippen molar-refractivity contribution in [1.29, 1.82) is 0 Å². The maximum absolute atomic E-state index is 8.50. The molecular formula is C16H27N3. The lowest BCUT2D eigenvalue weighted by atomic mass is 10.0. The molecule has 0 aliphatic heterocycles. The molecule has 0 radical (unpaired) electrons. The average molecular weight is 261 g/mol. The summed E-state index contributed by atoms with van der Waals surface area (Å²) in [7, 11) is 0. The zero-order chi connectivity index (χ0) is 14.7. The summed E-state index contributed by atoms with van der Waals surface area (Å²) in [6.45, 7) is 12.3. The molecule has 0 heterocycles. The van der Waals surface area contributed by atoms with Gasteiger partial charge in [-0.3, -0.25) is 0 Å². The fourth-order valence-corrected chi connectivity index (χ4v) is 1.93. The first kappa shape index (κ1) is 17.5. The van der Waals surface area contributed by atoms with Gasteiger partial charge in [-0.25, -0.2) is 0 Å². The van der Waals surface area contributed by atoms with Gasteiger partial charge < -0.3 is 0 Å². The first-order valence-corrected chi connectivity index (χ1v) is 7.02. The zero-order valence-corrected chi connectivity index (χ0v) is 12.8. The molecule has 0 bridgehead atoms. The summed E-state index contributed by atoms with van der Waals surface area (Å²) in [5, 5.41) is 3.77. The van der Waals surface area contributed by atoms with E-state index in [9.17, 15) is 0 Å². The van der Waals surface area contributed by atoms with Crippen molar-refractivity contribution in [2.45, 2.75) is 65.8 Å². The van der Waals surface area contributed by atoms with Crippen molar-refractivity contribution in [1.82, 2.24) is 0 Å². The molecule has 0 amide bonds. The molecule has 0 saturated carbocycles. The van der Waals surface area contributed by atoms with E-state index in [1.807, 2.05) is 6.92 Å². The van der Waals surface area contributed by atoms with Crippen LogP contribution in [0.2, 0.25) is 0 Å². The number of nitrogens with zero attached hydrogens (tertiary/aromatic N) is 3. The minimum atomic E-state index is -0.0740. The predicted octanol–water partition coefficient (Wildman–Crippen LogP) is 6.10. The molecule has 3 nitrogen and oxygen atoms in total. The summed E-state index contributed by atoms with van der Waals surface area (Å²) in [6, 6.07) is -0.0740. The van der Waals surface area contributed by atoms with Gasteiger partial charge in [0.05, 0.1) is 6.04 Å². The van der Waals surface area contributed by atoms with Gasteiger partial charge in [-0.05, 0) is 58.4 Å². The Morgan fingerprint density at radius 1 is 1.21 bits per heavy atom. The molecule has 106 valence electrons. The van der Waals surface area contributed by atoms with E-state index in [1.165, 1.54) is 11.1 Å². The van der Waals surface area contributed by atoms with Gasteiger partial charge in [0.15, 0.2) is 0 Å². The molecule has 19 heavy (non-hydrogen) atoms. The third kappa shape index (κ3) is 9.15. The van der Waals surface area contributed by atoms with Crippen LogP contribution in [0.3, 0.4) is 0 Å². The van der Waals surface area contributed by atoms with Crippen molar-refractivity contribution >= 4 is 0 Å². The molecule has 0 fully saturated rings. The summed E-state index contributed by atoms with van der Waals surface area (Å²) in [5.41, 5.74) is 12.3. The third-order valence-electron chi connectivity index (χ3n) is 3.16. The maximum Gasteiger partial charge on any atom is 0.0582 e. The Hall–Kier alpha value is -1.47. The van der Waals surface area contributed by atoms with Crippen LogP contribution in [-0.4, -0.2) is 6.04 Å². The quantitative estimate of drug-likeness (QED) is 0.208. The Labute approximate surface area is 117 Å². The number of azide groups is 1. The Kier molecular flexibility index (Phi) is 9.64. The molecule has 3 heteroatoms. The molecule has 0 aliphatic rings. The van der Waals surface area contributed by atoms with Crippen molar-refractivity contribution in [3.8, 4) is 0 Å². The van der Waals surface area contributed by atoms with Crippen LogP contribution in [0.1, 0.15) is 59.8 Å². The molecule has 0 aliphatic carbocycles. The van der Waals surface area contributed by atoms with Crippen molar-refractivity contribution in [2.75, 3.05) is 0 Å². The van der Waals surface area contributed by atoms with Crippen LogP contribution in [0.25, 0.3) is 10.4 Å². The first-order valence-electron chi connectivity index (χ1n) is 7.02. The fraction of sp³-hybridized carbons (Fsp3) is 0.625. The van der Waals surface area contributed by atoms with E-state index in [4.69, 9.17) is 5.53 Å². The highest BCUT2D eigenvalue weighted by Crippen LogP contribution is 2.16. The van der Waals surface area contributed by atoms with Crippen LogP contribution in [0.5, 0.6) is 0 Å². The Bertz CT molecular complexity index is 383. The Morgan fingerprint density at radius 2 is 1.84 bits per heavy atom. The lowest BCUT2D eigenvalue weighted by Crippen LogP contribution is -2.04. The van der Waals surface area contributed by atoms with Gasteiger partial charge >= 0.3 is 0 Å². The topological polar surface area (TPSA) is 48.8 Å². The SMILES string of the molecule is C=C(C)C(CC/C(C)=C/CC/C(C)=C/CC)N=[N+]=[N-]. The largest absolute Gasteiger partial charge is 0.0997 e. The number of hydrogen-bond acceptors (Lipinski definition) is 1. The van der Waals surface area contributed by atoms with Gasteiger partial charge in [0, 0.05) is 4.91 Å². The zero-order valence-electron chi connectivity index (χ0n) is 12.8. The lowest BCUT2D eigenvalue weighted by Gasteiger charge is -2.10. The fourth-order valence-electron chi connectivity index (χ4n) is 1.93. The summed E-state index contributed by atoms with van der Waals surface area (Å²) >= 11 is 0. The maximum atomic E-state index is 8.50. The van der Waals surface area contributed by atoms with Crippen molar-refractivity contribution < 1.29 is 0 Å². The first-order chi connectivity index (χ1) is 9.01. The normalized spacial score (nSPS) is 13.9. The Morgan fingerprint density at radius 3 is 2.37 bits per heavy atom. The molecule has 0 rings (SSSR count). The average Bonchev–Trinajstić information content (AvgIpc) is 2.34. The molecule has 0 aromatic heterocycles. The van der Waals surface area contributed by atoms with Gasteiger partial charge in [-0.15, -0.1) is 0 Å². The summed E-state index contributed by atoms with van der Waals surface area (Å²) in [6.07, 6.45) is 9.72. The molecule has 0 aromatic carbocycles. The molecule has 0 spiro atoms. The summed E-state index contributed by atoms with van der Waals surface area (Å²) in [4.78, 5) is 2.88. The van der Waals surface area contributed by atoms with E-state index in [0.29, 0.717) is 0 Å². The second-order valence-corrected chi connectivity index (χ2v) is 5.15. The van der Waals surface area contributed by atoms with Gasteiger partial charge in [-0.2, -0.15) is 0 Å². The molecule has 0 N–H and O–H groups in total. The monoisotopic (exact) mass is 261 g/mol. The predicted molar refractivity (Wildman–Crippen MR) is 84.0 cm³/mol. The molecule has 1 unspecified atom stereocenters.